The number of piperidine rings is 1. The summed E-state index contributed by atoms with van der Waals surface area (Å²) in [5, 5.41) is 6.45. The van der Waals surface area contributed by atoms with Crippen molar-refractivity contribution in [1.82, 2.24) is 20.5 Å². The van der Waals surface area contributed by atoms with Gasteiger partial charge < -0.3 is 15.1 Å². The van der Waals surface area contributed by atoms with Crippen LogP contribution in [-0.4, -0.2) is 54.2 Å². The van der Waals surface area contributed by atoms with Gasteiger partial charge in [0.05, 0.1) is 18.2 Å². The molecule has 1 saturated carbocycles. The van der Waals surface area contributed by atoms with Crippen LogP contribution in [0.25, 0.3) is 0 Å². The van der Waals surface area contributed by atoms with Crippen LogP contribution in [0.3, 0.4) is 0 Å². The molecule has 2 heterocycles. The fourth-order valence-corrected chi connectivity index (χ4v) is 4.48. The minimum atomic E-state index is -4.10. The van der Waals surface area contributed by atoms with Gasteiger partial charge in [-0.05, 0) is 71.9 Å². The van der Waals surface area contributed by atoms with Crippen molar-refractivity contribution in [3.8, 4) is 0 Å². The summed E-state index contributed by atoms with van der Waals surface area (Å²) in [6.45, 7) is 9.92. The largest absolute Gasteiger partial charge is 0.444 e. The van der Waals surface area contributed by atoms with Crippen molar-refractivity contribution < 1.29 is 17.6 Å². The van der Waals surface area contributed by atoms with Crippen molar-refractivity contribution >= 4 is 5.96 Å². The fraction of sp³-hybridized carbons (Fsp3) is 0.818. The van der Waals surface area contributed by atoms with Crippen LogP contribution in [-0.2, 0) is 6.54 Å². The van der Waals surface area contributed by atoms with Gasteiger partial charge >= 0.3 is 6.18 Å². The van der Waals surface area contributed by atoms with Crippen molar-refractivity contribution in [2.24, 2.45) is 16.8 Å². The number of hydrogen-bond acceptors (Lipinski definition) is 4. The van der Waals surface area contributed by atoms with E-state index in [2.05, 4.69) is 20.5 Å². The standard InChI is InChI=1S/C22H36F3N5O/c1-4-26-21(29-19-7-5-6-18(12-19)22(23,24)25)27-13-17-8-10-30(11-9-17)14-20-28-15(2)16(3)31-20/h17-19H,4-14H2,1-3H3,(H2,26,27,29). The molecule has 9 heteroatoms. The van der Waals surface area contributed by atoms with Crippen molar-refractivity contribution in [1.29, 1.82) is 0 Å². The number of aromatic nitrogens is 1. The summed E-state index contributed by atoms with van der Waals surface area (Å²) in [5.74, 6) is 1.57. The van der Waals surface area contributed by atoms with Crippen LogP contribution >= 0.6 is 0 Å². The van der Waals surface area contributed by atoms with Crippen LogP contribution in [0.4, 0.5) is 13.2 Å². The van der Waals surface area contributed by atoms with Gasteiger partial charge in [-0.3, -0.25) is 9.89 Å². The predicted molar refractivity (Wildman–Crippen MR) is 115 cm³/mol. The van der Waals surface area contributed by atoms with E-state index < -0.39 is 12.1 Å². The summed E-state index contributed by atoms with van der Waals surface area (Å²) in [7, 11) is 0. The maximum Gasteiger partial charge on any atom is 0.391 e. The Bertz CT molecular complexity index is 706. The highest BCUT2D eigenvalue weighted by Gasteiger charge is 2.42. The molecule has 3 rings (SSSR count). The predicted octanol–water partition coefficient (Wildman–Crippen LogP) is 4.18. The molecule has 2 fully saturated rings. The first-order valence-corrected chi connectivity index (χ1v) is 11.5. The average Bonchev–Trinajstić information content (AvgIpc) is 3.04. The van der Waals surface area contributed by atoms with Crippen molar-refractivity contribution in [2.75, 3.05) is 26.2 Å². The molecular weight excluding hydrogens is 407 g/mol. The molecule has 0 amide bonds. The average molecular weight is 444 g/mol. The van der Waals surface area contributed by atoms with Crippen LogP contribution in [0.15, 0.2) is 9.41 Å². The minimum absolute atomic E-state index is 0.131. The van der Waals surface area contributed by atoms with E-state index in [4.69, 9.17) is 9.41 Å². The number of halogens is 3. The lowest BCUT2D eigenvalue weighted by Gasteiger charge is -2.32. The molecule has 1 aliphatic heterocycles. The van der Waals surface area contributed by atoms with Gasteiger partial charge in [0.25, 0.3) is 0 Å². The van der Waals surface area contributed by atoms with E-state index in [1.54, 1.807) is 0 Å². The molecule has 1 aliphatic carbocycles. The minimum Gasteiger partial charge on any atom is -0.444 e. The Morgan fingerprint density at radius 2 is 1.94 bits per heavy atom. The molecular formula is C22H36F3N5O. The van der Waals surface area contributed by atoms with Crippen molar-refractivity contribution in [2.45, 2.75) is 78.1 Å². The molecule has 0 spiro atoms. The zero-order chi connectivity index (χ0) is 22.4. The van der Waals surface area contributed by atoms with Crippen LogP contribution in [0.1, 0.15) is 62.8 Å². The lowest BCUT2D eigenvalue weighted by molar-refractivity contribution is -0.183. The molecule has 6 nitrogen and oxygen atoms in total. The van der Waals surface area contributed by atoms with E-state index in [-0.39, 0.29) is 18.9 Å². The van der Waals surface area contributed by atoms with Crippen LogP contribution < -0.4 is 10.6 Å². The van der Waals surface area contributed by atoms with Gasteiger partial charge in [0, 0.05) is 19.1 Å². The summed E-state index contributed by atoms with van der Waals surface area (Å²) < 4.78 is 45.0. The molecule has 2 aliphatic rings. The highest BCUT2D eigenvalue weighted by atomic mass is 19.4. The third-order valence-corrected chi connectivity index (χ3v) is 6.47. The van der Waals surface area contributed by atoms with Crippen LogP contribution in [0.5, 0.6) is 0 Å². The topological polar surface area (TPSA) is 65.7 Å². The SMILES string of the molecule is CCNC(=NCC1CCN(Cc2nc(C)c(C)o2)CC1)NC1CCCC(C(F)(F)F)C1. The lowest BCUT2D eigenvalue weighted by atomic mass is 9.85. The Morgan fingerprint density at radius 3 is 2.55 bits per heavy atom. The monoisotopic (exact) mass is 443 g/mol. The molecule has 1 saturated heterocycles. The van der Waals surface area contributed by atoms with E-state index in [0.717, 1.165) is 56.2 Å². The number of nitrogens with zero attached hydrogens (tertiary/aromatic N) is 3. The molecule has 0 radical (unpaired) electrons. The third kappa shape index (κ3) is 7.12. The third-order valence-electron chi connectivity index (χ3n) is 6.47. The Hall–Kier alpha value is -1.77. The quantitative estimate of drug-likeness (QED) is 0.510. The number of alkyl halides is 3. The molecule has 2 atom stereocenters. The van der Waals surface area contributed by atoms with Crippen molar-refractivity contribution in [3.63, 3.8) is 0 Å². The van der Waals surface area contributed by atoms with Gasteiger partial charge in [0.1, 0.15) is 5.76 Å². The Labute approximate surface area is 183 Å². The normalized spacial score (nSPS) is 24.4. The first-order chi connectivity index (χ1) is 14.7. The summed E-state index contributed by atoms with van der Waals surface area (Å²) >= 11 is 0. The number of nitrogens with one attached hydrogen (secondary N) is 2. The number of oxazole rings is 1. The number of aryl methyl sites for hydroxylation is 2. The molecule has 176 valence electrons. The number of rotatable bonds is 6. The first-order valence-electron chi connectivity index (χ1n) is 11.5. The van der Waals surface area contributed by atoms with Crippen molar-refractivity contribution in [3.05, 3.63) is 17.3 Å². The molecule has 31 heavy (non-hydrogen) atoms. The molecule has 0 aromatic carbocycles. The maximum atomic E-state index is 13.1. The van der Waals surface area contributed by atoms with Gasteiger partial charge in [0.15, 0.2) is 5.96 Å². The van der Waals surface area contributed by atoms with Gasteiger partial charge in [-0.1, -0.05) is 6.42 Å². The van der Waals surface area contributed by atoms with Gasteiger partial charge in [-0.2, -0.15) is 13.2 Å². The summed E-state index contributed by atoms with van der Waals surface area (Å²) in [5.41, 5.74) is 0.946. The zero-order valence-electron chi connectivity index (χ0n) is 18.9. The second kappa shape index (κ2) is 10.7. The fourth-order valence-electron chi connectivity index (χ4n) is 4.48. The van der Waals surface area contributed by atoms with E-state index in [9.17, 15) is 13.2 Å². The molecule has 0 bridgehead atoms. The van der Waals surface area contributed by atoms with Gasteiger partial charge in [-0.15, -0.1) is 0 Å². The van der Waals surface area contributed by atoms with E-state index in [0.29, 0.717) is 31.4 Å². The number of guanidine groups is 1. The Balaban J connectivity index is 1.46. The number of aliphatic imine (C=N–C) groups is 1. The number of hydrogen-bond donors (Lipinski definition) is 2. The Kier molecular flexibility index (Phi) is 8.24. The van der Waals surface area contributed by atoms with Crippen LogP contribution in [0.2, 0.25) is 0 Å². The molecule has 2 N–H and O–H groups in total. The smallest absolute Gasteiger partial charge is 0.391 e. The van der Waals surface area contributed by atoms with Crippen LogP contribution in [0, 0.1) is 25.7 Å². The second-order valence-corrected chi connectivity index (χ2v) is 8.93. The van der Waals surface area contributed by atoms with E-state index >= 15 is 0 Å². The van der Waals surface area contributed by atoms with E-state index in [1.165, 1.54) is 0 Å². The number of likely N-dealkylation sites (tertiary alicyclic amines) is 1. The van der Waals surface area contributed by atoms with E-state index in [1.807, 2.05) is 20.8 Å². The summed E-state index contributed by atoms with van der Waals surface area (Å²) in [4.78, 5) is 11.5. The second-order valence-electron chi connectivity index (χ2n) is 8.93. The zero-order valence-corrected chi connectivity index (χ0v) is 18.9. The first kappa shape index (κ1) is 23.9. The Morgan fingerprint density at radius 1 is 1.19 bits per heavy atom. The molecule has 1 aromatic rings. The lowest BCUT2D eigenvalue weighted by Crippen LogP contribution is -2.47. The highest BCUT2D eigenvalue weighted by Crippen LogP contribution is 2.37. The van der Waals surface area contributed by atoms with Gasteiger partial charge in [0.2, 0.25) is 5.89 Å². The van der Waals surface area contributed by atoms with Gasteiger partial charge in [-0.25, -0.2) is 4.98 Å². The highest BCUT2D eigenvalue weighted by molar-refractivity contribution is 5.80. The molecule has 1 aromatic heterocycles. The summed E-state index contributed by atoms with van der Waals surface area (Å²) in [6.07, 6.45) is -0.292. The summed E-state index contributed by atoms with van der Waals surface area (Å²) in [6, 6.07) is -0.173. The maximum absolute atomic E-state index is 13.1. The molecule has 2 unspecified atom stereocenters.